The summed E-state index contributed by atoms with van der Waals surface area (Å²) in [7, 11) is 0. The van der Waals surface area contributed by atoms with Gasteiger partial charge in [-0.05, 0) is 38.1 Å². The number of hydrogen-bond acceptors (Lipinski definition) is 2. The van der Waals surface area contributed by atoms with Gasteiger partial charge < -0.3 is 9.47 Å². The van der Waals surface area contributed by atoms with Crippen molar-refractivity contribution in [2.45, 2.75) is 20.0 Å². The lowest BCUT2D eigenvalue weighted by molar-refractivity contribution is 0.219. The molecule has 0 amide bonds. The first kappa shape index (κ1) is 15.6. The first-order chi connectivity index (χ1) is 10.0. The highest BCUT2D eigenvalue weighted by atomic mass is 35.5. The van der Waals surface area contributed by atoms with E-state index in [1.54, 1.807) is 31.2 Å². The van der Waals surface area contributed by atoms with Crippen LogP contribution in [0.1, 0.15) is 25.5 Å². The second-order valence-corrected chi connectivity index (χ2v) is 4.80. The molecule has 0 saturated heterocycles. The highest BCUT2D eigenvalue weighted by Crippen LogP contribution is 2.32. The number of rotatable bonds is 5. The van der Waals surface area contributed by atoms with E-state index in [4.69, 9.17) is 21.1 Å². The third-order valence-electron chi connectivity index (χ3n) is 2.92. The van der Waals surface area contributed by atoms with Crippen molar-refractivity contribution in [1.82, 2.24) is 0 Å². The highest BCUT2D eigenvalue weighted by molar-refractivity contribution is 6.31. The molecule has 1 atom stereocenters. The monoisotopic (exact) mass is 312 g/mol. The van der Waals surface area contributed by atoms with Crippen LogP contribution in [0, 0.1) is 11.6 Å². The van der Waals surface area contributed by atoms with Crippen molar-refractivity contribution in [2.75, 3.05) is 6.61 Å². The molecule has 0 saturated carbocycles. The van der Waals surface area contributed by atoms with Gasteiger partial charge in [-0.2, -0.15) is 0 Å². The van der Waals surface area contributed by atoms with Crippen LogP contribution in [0.25, 0.3) is 0 Å². The van der Waals surface area contributed by atoms with E-state index in [1.165, 1.54) is 0 Å². The van der Waals surface area contributed by atoms with Crippen molar-refractivity contribution in [3.05, 3.63) is 58.6 Å². The van der Waals surface area contributed by atoms with Gasteiger partial charge in [-0.1, -0.05) is 17.7 Å². The van der Waals surface area contributed by atoms with Gasteiger partial charge in [0.1, 0.15) is 29.2 Å². The molecule has 0 aliphatic carbocycles. The maximum atomic E-state index is 13.8. The molecule has 0 aromatic heterocycles. The zero-order valence-electron chi connectivity index (χ0n) is 11.7. The summed E-state index contributed by atoms with van der Waals surface area (Å²) in [6.45, 7) is 4.01. The first-order valence-corrected chi connectivity index (χ1v) is 6.93. The Labute approximate surface area is 127 Å². The minimum atomic E-state index is -0.731. The fourth-order valence-electron chi connectivity index (χ4n) is 1.98. The fourth-order valence-corrected chi connectivity index (χ4v) is 2.29. The van der Waals surface area contributed by atoms with Gasteiger partial charge >= 0.3 is 0 Å². The predicted molar refractivity (Wildman–Crippen MR) is 78.0 cm³/mol. The van der Waals surface area contributed by atoms with Crippen LogP contribution in [-0.2, 0) is 0 Å². The molecule has 0 heterocycles. The van der Waals surface area contributed by atoms with E-state index in [2.05, 4.69) is 0 Å². The quantitative estimate of drug-likeness (QED) is 0.710. The molecule has 0 aliphatic heterocycles. The topological polar surface area (TPSA) is 18.5 Å². The van der Waals surface area contributed by atoms with E-state index in [9.17, 15) is 8.78 Å². The van der Waals surface area contributed by atoms with Crippen LogP contribution in [0.2, 0.25) is 5.02 Å². The molecule has 0 aliphatic rings. The maximum Gasteiger partial charge on any atom is 0.142 e. The normalized spacial score (nSPS) is 12.0. The van der Waals surface area contributed by atoms with E-state index < -0.39 is 17.7 Å². The lowest BCUT2D eigenvalue weighted by Gasteiger charge is -2.18. The first-order valence-electron chi connectivity index (χ1n) is 6.55. The van der Waals surface area contributed by atoms with Gasteiger partial charge in [0.25, 0.3) is 0 Å². The average Bonchev–Trinajstić information content (AvgIpc) is 2.44. The molecule has 0 spiro atoms. The van der Waals surface area contributed by atoms with Gasteiger partial charge in [-0.15, -0.1) is 0 Å². The lowest BCUT2D eigenvalue weighted by atomic mass is 10.1. The predicted octanol–water partition coefficient (Wildman–Crippen LogP) is 5.16. The molecule has 5 heteroatoms. The fraction of sp³-hybridized carbons (Fsp3) is 0.250. The molecule has 2 aromatic rings. The Morgan fingerprint density at radius 2 is 1.76 bits per heavy atom. The minimum Gasteiger partial charge on any atom is -0.494 e. The summed E-state index contributed by atoms with van der Waals surface area (Å²) in [4.78, 5) is 0. The SMILES string of the molecule is CCOc1cccc(OC(C)c2c(F)ccc(F)c2Cl)c1. The van der Waals surface area contributed by atoms with Crippen molar-refractivity contribution in [2.24, 2.45) is 0 Å². The second-order valence-electron chi connectivity index (χ2n) is 4.42. The van der Waals surface area contributed by atoms with Crippen LogP contribution in [0.4, 0.5) is 8.78 Å². The maximum absolute atomic E-state index is 13.8. The molecule has 0 N–H and O–H groups in total. The Morgan fingerprint density at radius 1 is 1.10 bits per heavy atom. The third kappa shape index (κ3) is 3.64. The van der Waals surface area contributed by atoms with E-state index in [-0.39, 0.29) is 10.6 Å². The van der Waals surface area contributed by atoms with Gasteiger partial charge in [0, 0.05) is 11.6 Å². The molecule has 2 rings (SSSR count). The molecule has 0 fully saturated rings. The van der Waals surface area contributed by atoms with Crippen LogP contribution in [0.5, 0.6) is 11.5 Å². The van der Waals surface area contributed by atoms with Crippen LogP contribution in [0.3, 0.4) is 0 Å². The summed E-state index contributed by atoms with van der Waals surface area (Å²) in [5, 5.41) is -0.261. The minimum absolute atomic E-state index is 0.00141. The zero-order valence-corrected chi connectivity index (χ0v) is 12.5. The third-order valence-corrected chi connectivity index (χ3v) is 3.30. The molecule has 0 bridgehead atoms. The van der Waals surface area contributed by atoms with E-state index in [0.29, 0.717) is 18.1 Å². The highest BCUT2D eigenvalue weighted by Gasteiger charge is 2.19. The Kier molecular flexibility index (Phi) is 5.02. The van der Waals surface area contributed by atoms with E-state index in [0.717, 1.165) is 12.1 Å². The zero-order chi connectivity index (χ0) is 15.4. The van der Waals surface area contributed by atoms with Gasteiger partial charge in [0.2, 0.25) is 0 Å². The van der Waals surface area contributed by atoms with Gasteiger partial charge in [0.05, 0.1) is 11.6 Å². The molecular weight excluding hydrogens is 298 g/mol. The lowest BCUT2D eigenvalue weighted by Crippen LogP contribution is -2.07. The largest absolute Gasteiger partial charge is 0.494 e. The Balaban J connectivity index is 2.24. The standard InChI is InChI=1S/C16H15ClF2O2/c1-3-20-11-5-4-6-12(9-11)21-10(2)15-13(18)7-8-14(19)16(15)17/h4-10H,3H2,1-2H3. The van der Waals surface area contributed by atoms with Crippen molar-refractivity contribution < 1.29 is 18.3 Å². The number of hydrogen-bond donors (Lipinski definition) is 0. The summed E-state index contributed by atoms with van der Waals surface area (Å²) in [6, 6.07) is 8.97. The summed E-state index contributed by atoms with van der Waals surface area (Å²) < 4.78 is 38.3. The summed E-state index contributed by atoms with van der Waals surface area (Å²) in [6.07, 6.45) is -0.731. The van der Waals surface area contributed by atoms with Gasteiger partial charge in [0.15, 0.2) is 0 Å². The number of halogens is 3. The van der Waals surface area contributed by atoms with Crippen LogP contribution in [-0.4, -0.2) is 6.61 Å². The molecule has 2 nitrogen and oxygen atoms in total. The Bertz CT molecular complexity index is 632. The molecule has 21 heavy (non-hydrogen) atoms. The summed E-state index contributed by atoms with van der Waals surface area (Å²) >= 11 is 5.82. The van der Waals surface area contributed by atoms with Gasteiger partial charge in [-0.3, -0.25) is 0 Å². The van der Waals surface area contributed by atoms with Gasteiger partial charge in [-0.25, -0.2) is 8.78 Å². The molecule has 1 unspecified atom stereocenters. The van der Waals surface area contributed by atoms with Crippen molar-refractivity contribution >= 4 is 11.6 Å². The van der Waals surface area contributed by atoms with Crippen molar-refractivity contribution in [1.29, 1.82) is 0 Å². The second kappa shape index (κ2) is 6.76. The molecule has 2 aromatic carbocycles. The van der Waals surface area contributed by atoms with Crippen LogP contribution >= 0.6 is 11.6 Å². The van der Waals surface area contributed by atoms with Crippen LogP contribution in [0.15, 0.2) is 36.4 Å². The Morgan fingerprint density at radius 3 is 2.48 bits per heavy atom. The summed E-state index contributed by atoms with van der Waals surface area (Å²) in [5.41, 5.74) is -0.00141. The van der Waals surface area contributed by atoms with Crippen LogP contribution < -0.4 is 9.47 Å². The number of benzene rings is 2. The van der Waals surface area contributed by atoms with E-state index >= 15 is 0 Å². The average molecular weight is 313 g/mol. The summed E-state index contributed by atoms with van der Waals surface area (Å²) in [5.74, 6) is -0.136. The molecular formula is C16H15ClF2O2. The molecule has 0 radical (unpaired) electrons. The van der Waals surface area contributed by atoms with E-state index in [1.807, 2.05) is 6.92 Å². The smallest absolute Gasteiger partial charge is 0.142 e. The Hall–Kier alpha value is -1.81. The number of ether oxygens (including phenoxy) is 2. The van der Waals surface area contributed by atoms with Crippen molar-refractivity contribution in [3.63, 3.8) is 0 Å². The van der Waals surface area contributed by atoms with Crippen molar-refractivity contribution in [3.8, 4) is 11.5 Å². The molecule has 112 valence electrons.